The minimum absolute atomic E-state index is 0.0846. The van der Waals surface area contributed by atoms with Crippen LogP contribution in [0.25, 0.3) is 11.4 Å². The first-order chi connectivity index (χ1) is 10.8. The summed E-state index contributed by atoms with van der Waals surface area (Å²) in [5.74, 6) is -1.04. The van der Waals surface area contributed by atoms with Gasteiger partial charge < -0.3 is 4.52 Å². The summed E-state index contributed by atoms with van der Waals surface area (Å²) in [5.41, 5.74) is -0.0118. The van der Waals surface area contributed by atoms with Gasteiger partial charge in [-0.15, -0.1) is 11.3 Å². The molecule has 10 heteroatoms. The fourth-order valence-corrected chi connectivity index (χ4v) is 3.98. The van der Waals surface area contributed by atoms with E-state index in [1.807, 2.05) is 4.72 Å². The number of nitrogens with one attached hydrogen (secondary N) is 1. The Morgan fingerprint density at radius 2 is 2.04 bits per heavy atom. The van der Waals surface area contributed by atoms with Crippen LogP contribution in [-0.4, -0.2) is 18.6 Å². The van der Waals surface area contributed by atoms with Crippen LogP contribution in [0.3, 0.4) is 0 Å². The average molecular weight is 357 g/mol. The molecule has 0 unspecified atom stereocenters. The van der Waals surface area contributed by atoms with Crippen molar-refractivity contribution >= 4 is 27.0 Å². The molecule has 0 amide bonds. The largest absolute Gasteiger partial charge is 0.339 e. The predicted molar refractivity (Wildman–Crippen MR) is 79.5 cm³/mol. The van der Waals surface area contributed by atoms with Gasteiger partial charge >= 0.3 is 0 Å². The Hall–Kier alpha value is -2.33. The van der Waals surface area contributed by atoms with E-state index in [9.17, 15) is 17.2 Å². The zero-order valence-electron chi connectivity index (χ0n) is 11.6. The van der Waals surface area contributed by atoms with Crippen LogP contribution in [0.15, 0.2) is 38.4 Å². The van der Waals surface area contributed by atoms with Crippen molar-refractivity contribution in [3.8, 4) is 11.4 Å². The van der Waals surface area contributed by atoms with E-state index in [2.05, 4.69) is 10.1 Å². The van der Waals surface area contributed by atoms with Gasteiger partial charge in [-0.3, -0.25) is 4.72 Å². The molecule has 0 aliphatic carbocycles. The number of benzene rings is 1. The lowest BCUT2D eigenvalue weighted by atomic mass is 10.3. The van der Waals surface area contributed by atoms with Crippen molar-refractivity contribution in [1.29, 1.82) is 0 Å². The van der Waals surface area contributed by atoms with E-state index in [4.69, 9.17) is 4.52 Å². The Kier molecular flexibility index (Phi) is 3.86. The maximum absolute atomic E-state index is 13.6. The predicted octanol–water partition coefficient (Wildman–Crippen LogP) is 3.19. The minimum atomic E-state index is -4.06. The minimum Gasteiger partial charge on any atom is -0.339 e. The molecule has 23 heavy (non-hydrogen) atoms. The van der Waals surface area contributed by atoms with Crippen molar-refractivity contribution in [3.05, 3.63) is 47.2 Å². The molecule has 0 aliphatic heterocycles. The molecule has 0 spiro atoms. The number of hydrogen-bond acceptors (Lipinski definition) is 6. The van der Waals surface area contributed by atoms with Crippen LogP contribution < -0.4 is 4.72 Å². The third-order valence-corrected chi connectivity index (χ3v) is 5.60. The Morgan fingerprint density at radius 3 is 2.74 bits per heavy atom. The summed E-state index contributed by atoms with van der Waals surface area (Å²) in [4.78, 5) is 3.99. The van der Waals surface area contributed by atoms with Crippen molar-refractivity contribution in [2.45, 2.75) is 11.1 Å². The number of hydrogen-bond donors (Lipinski definition) is 1. The molecule has 0 aliphatic rings. The number of nitrogens with zero attached hydrogens (tertiary/aromatic N) is 2. The highest BCUT2D eigenvalue weighted by Crippen LogP contribution is 2.28. The van der Waals surface area contributed by atoms with E-state index in [0.717, 1.165) is 29.5 Å². The molecule has 0 bridgehead atoms. The molecular weight excluding hydrogens is 348 g/mol. The first-order valence-corrected chi connectivity index (χ1v) is 8.58. The summed E-state index contributed by atoms with van der Waals surface area (Å²) >= 11 is 0.902. The standard InChI is InChI=1S/C13H9F2N3O3S2/c1-7-16-13(17-21-7)8-4-12(22-6-8)23(19,20)18-11-5-9(14)2-3-10(11)15/h2-6,18H,1H3. The van der Waals surface area contributed by atoms with Crippen molar-refractivity contribution < 1.29 is 21.7 Å². The summed E-state index contributed by atoms with van der Waals surface area (Å²) in [6, 6.07) is 3.84. The second kappa shape index (κ2) is 5.70. The Labute approximate surface area is 133 Å². The van der Waals surface area contributed by atoms with E-state index in [-0.39, 0.29) is 10.0 Å². The maximum atomic E-state index is 13.6. The Morgan fingerprint density at radius 1 is 1.26 bits per heavy atom. The molecule has 6 nitrogen and oxygen atoms in total. The Bertz CT molecular complexity index is 967. The van der Waals surface area contributed by atoms with Gasteiger partial charge in [0.05, 0.1) is 5.69 Å². The van der Waals surface area contributed by atoms with Gasteiger partial charge in [-0.05, 0) is 18.2 Å². The highest BCUT2D eigenvalue weighted by molar-refractivity contribution is 7.94. The second-order valence-electron chi connectivity index (χ2n) is 4.52. The molecule has 0 saturated heterocycles. The normalized spacial score (nSPS) is 11.6. The van der Waals surface area contributed by atoms with E-state index in [1.54, 1.807) is 6.92 Å². The van der Waals surface area contributed by atoms with Gasteiger partial charge in [0.15, 0.2) is 0 Å². The zero-order chi connectivity index (χ0) is 16.6. The maximum Gasteiger partial charge on any atom is 0.271 e. The smallest absolute Gasteiger partial charge is 0.271 e. The number of halogens is 2. The SMILES string of the molecule is Cc1nc(-c2csc(S(=O)(=O)Nc3cc(F)ccc3F)c2)no1. The molecule has 0 saturated carbocycles. The quantitative estimate of drug-likeness (QED) is 0.775. The molecule has 120 valence electrons. The third kappa shape index (κ3) is 3.22. The van der Waals surface area contributed by atoms with Gasteiger partial charge in [0.1, 0.15) is 15.8 Å². The fourth-order valence-electron chi connectivity index (χ4n) is 1.76. The van der Waals surface area contributed by atoms with E-state index < -0.39 is 27.3 Å². The summed E-state index contributed by atoms with van der Waals surface area (Å²) < 4.78 is 58.0. The van der Waals surface area contributed by atoms with Gasteiger partial charge in [-0.1, -0.05) is 5.16 Å². The van der Waals surface area contributed by atoms with Gasteiger partial charge in [-0.25, -0.2) is 17.2 Å². The van der Waals surface area contributed by atoms with Crippen LogP contribution in [0.4, 0.5) is 14.5 Å². The van der Waals surface area contributed by atoms with Gasteiger partial charge in [0.25, 0.3) is 10.0 Å². The topological polar surface area (TPSA) is 85.1 Å². The number of anilines is 1. The molecule has 1 N–H and O–H groups in total. The molecule has 3 aromatic rings. The van der Waals surface area contributed by atoms with E-state index in [0.29, 0.717) is 11.5 Å². The Balaban J connectivity index is 1.91. The molecule has 0 fully saturated rings. The fraction of sp³-hybridized carbons (Fsp3) is 0.0769. The van der Waals surface area contributed by atoms with Crippen LogP contribution in [0.2, 0.25) is 0 Å². The van der Waals surface area contributed by atoms with Crippen LogP contribution >= 0.6 is 11.3 Å². The molecular formula is C13H9F2N3O3S2. The van der Waals surface area contributed by atoms with Gasteiger partial charge in [0.2, 0.25) is 11.7 Å². The van der Waals surface area contributed by atoms with Gasteiger partial charge in [0, 0.05) is 23.9 Å². The molecule has 2 aromatic heterocycles. The molecule has 0 atom stereocenters. The zero-order valence-corrected chi connectivity index (χ0v) is 13.2. The first kappa shape index (κ1) is 15.6. The molecule has 2 heterocycles. The highest BCUT2D eigenvalue weighted by Gasteiger charge is 2.20. The third-order valence-electron chi connectivity index (χ3n) is 2.80. The van der Waals surface area contributed by atoms with Crippen molar-refractivity contribution in [1.82, 2.24) is 10.1 Å². The van der Waals surface area contributed by atoms with Crippen LogP contribution in [0.5, 0.6) is 0 Å². The lowest BCUT2D eigenvalue weighted by Crippen LogP contribution is -2.12. The van der Waals surface area contributed by atoms with Gasteiger partial charge in [-0.2, -0.15) is 4.98 Å². The summed E-state index contributed by atoms with van der Waals surface area (Å²) in [7, 11) is -4.06. The summed E-state index contributed by atoms with van der Waals surface area (Å²) in [5, 5.41) is 5.22. The van der Waals surface area contributed by atoms with Crippen LogP contribution in [-0.2, 0) is 10.0 Å². The van der Waals surface area contributed by atoms with E-state index in [1.165, 1.54) is 11.4 Å². The van der Waals surface area contributed by atoms with Crippen molar-refractivity contribution in [3.63, 3.8) is 0 Å². The highest BCUT2D eigenvalue weighted by atomic mass is 32.2. The number of sulfonamides is 1. The number of aromatic nitrogens is 2. The number of aryl methyl sites for hydroxylation is 1. The summed E-state index contributed by atoms with van der Waals surface area (Å²) in [6.07, 6.45) is 0. The molecule has 3 rings (SSSR count). The van der Waals surface area contributed by atoms with Crippen LogP contribution in [0.1, 0.15) is 5.89 Å². The van der Waals surface area contributed by atoms with E-state index >= 15 is 0 Å². The number of rotatable bonds is 4. The second-order valence-corrected chi connectivity index (χ2v) is 7.34. The molecule has 0 radical (unpaired) electrons. The average Bonchev–Trinajstić information content (AvgIpc) is 3.11. The van der Waals surface area contributed by atoms with Crippen molar-refractivity contribution in [2.75, 3.05) is 4.72 Å². The molecule has 1 aromatic carbocycles. The monoisotopic (exact) mass is 357 g/mol. The van der Waals surface area contributed by atoms with Crippen LogP contribution in [0, 0.1) is 18.6 Å². The lowest BCUT2D eigenvalue weighted by molar-refractivity contribution is 0.394. The van der Waals surface area contributed by atoms with Crippen molar-refractivity contribution in [2.24, 2.45) is 0 Å². The summed E-state index contributed by atoms with van der Waals surface area (Å²) in [6.45, 7) is 1.61. The number of thiophene rings is 1. The first-order valence-electron chi connectivity index (χ1n) is 6.22. The lowest BCUT2D eigenvalue weighted by Gasteiger charge is -2.07.